The van der Waals surface area contributed by atoms with Gasteiger partial charge in [0.2, 0.25) is 5.91 Å². The van der Waals surface area contributed by atoms with Crippen molar-refractivity contribution in [3.05, 3.63) is 53.4 Å². The van der Waals surface area contributed by atoms with Crippen LogP contribution in [0.15, 0.2) is 40.9 Å². The number of aromatic nitrogens is 3. The summed E-state index contributed by atoms with van der Waals surface area (Å²) in [6, 6.07) is 11.3. The Hall–Kier alpha value is -3.42. The summed E-state index contributed by atoms with van der Waals surface area (Å²) in [4.78, 5) is 15.3. The van der Waals surface area contributed by atoms with Crippen molar-refractivity contribution >= 4 is 11.7 Å². The van der Waals surface area contributed by atoms with E-state index in [1.807, 2.05) is 23.1 Å². The van der Waals surface area contributed by atoms with Gasteiger partial charge >= 0.3 is 0 Å². The zero-order valence-corrected chi connectivity index (χ0v) is 21.8. The minimum Gasteiger partial charge on any atom is -0.507 e. The summed E-state index contributed by atoms with van der Waals surface area (Å²) < 4.78 is 5.64. The number of nitrogens with one attached hydrogen (secondary N) is 1. The Morgan fingerprint density at radius 1 is 1.14 bits per heavy atom. The van der Waals surface area contributed by atoms with Crippen molar-refractivity contribution < 1.29 is 14.4 Å². The molecule has 3 aromatic rings. The maximum atomic E-state index is 13.3. The summed E-state index contributed by atoms with van der Waals surface area (Å²) in [6.07, 6.45) is 4.31. The maximum Gasteiger partial charge on any atom is 0.225 e. The van der Waals surface area contributed by atoms with E-state index < -0.39 is 0 Å². The van der Waals surface area contributed by atoms with E-state index in [0.29, 0.717) is 29.0 Å². The van der Waals surface area contributed by atoms with E-state index in [0.717, 1.165) is 68.0 Å². The number of rotatable bonds is 5. The summed E-state index contributed by atoms with van der Waals surface area (Å²) in [5, 5.41) is 26.8. The van der Waals surface area contributed by atoms with Gasteiger partial charge in [-0.15, -0.1) is 10.2 Å². The lowest BCUT2D eigenvalue weighted by atomic mass is 9.66. The zero-order valence-electron chi connectivity index (χ0n) is 21.8. The molecule has 4 heterocycles. The molecular weight excluding hydrogens is 466 g/mol. The Morgan fingerprint density at radius 2 is 1.89 bits per heavy atom. The first kappa shape index (κ1) is 23.9. The van der Waals surface area contributed by atoms with Gasteiger partial charge in [0, 0.05) is 53.6 Å². The minimum atomic E-state index is -0.114. The van der Waals surface area contributed by atoms with Crippen LogP contribution in [0.4, 0.5) is 5.82 Å². The molecule has 0 unspecified atom stereocenters. The Bertz CT molecular complexity index is 1300. The first-order chi connectivity index (χ1) is 17.8. The van der Waals surface area contributed by atoms with Gasteiger partial charge < -0.3 is 19.8 Å². The van der Waals surface area contributed by atoms with E-state index >= 15 is 0 Å². The SMILES string of the molecule is CC(C)[C@@H](C)c1cc(C2CCN(C(=O)[C@H]3C[C@]4(Cc5cc(-c6ccccc6O)nnc5N4)C3)CC2)no1. The van der Waals surface area contributed by atoms with Crippen molar-refractivity contribution in [2.24, 2.45) is 11.8 Å². The molecule has 1 aromatic carbocycles. The summed E-state index contributed by atoms with van der Waals surface area (Å²) in [7, 11) is 0. The number of fused-ring (bicyclic) bond motifs is 1. The molecule has 2 aliphatic heterocycles. The van der Waals surface area contributed by atoms with Crippen molar-refractivity contribution in [3.63, 3.8) is 0 Å². The topological polar surface area (TPSA) is 104 Å². The number of carbonyl (C=O) groups is 1. The van der Waals surface area contributed by atoms with Crippen molar-refractivity contribution in [1.82, 2.24) is 20.3 Å². The van der Waals surface area contributed by atoms with Crippen LogP contribution < -0.4 is 5.32 Å². The molecule has 3 aliphatic rings. The molecule has 8 nitrogen and oxygen atoms in total. The predicted octanol–water partition coefficient (Wildman–Crippen LogP) is 5.12. The van der Waals surface area contributed by atoms with Crippen LogP contribution in [-0.4, -0.2) is 49.9 Å². The van der Waals surface area contributed by atoms with Crippen molar-refractivity contribution in [3.8, 4) is 17.0 Å². The fourth-order valence-corrected chi connectivity index (χ4v) is 6.15. The van der Waals surface area contributed by atoms with Crippen LogP contribution in [0.5, 0.6) is 5.75 Å². The number of amides is 1. The van der Waals surface area contributed by atoms with E-state index in [4.69, 9.17) is 4.52 Å². The van der Waals surface area contributed by atoms with Crippen LogP contribution in [0, 0.1) is 11.8 Å². The molecular formula is C29H35N5O3. The van der Waals surface area contributed by atoms with Gasteiger partial charge in [0.1, 0.15) is 11.5 Å². The second-order valence-electron chi connectivity index (χ2n) is 11.6. The monoisotopic (exact) mass is 501 g/mol. The largest absolute Gasteiger partial charge is 0.507 e. The van der Waals surface area contributed by atoms with E-state index in [-0.39, 0.29) is 23.1 Å². The fraction of sp³-hybridized carbons (Fsp3) is 0.517. The molecule has 0 bridgehead atoms. The molecule has 0 radical (unpaired) electrons. The number of hydrogen-bond acceptors (Lipinski definition) is 7. The second-order valence-corrected chi connectivity index (χ2v) is 11.6. The first-order valence-corrected chi connectivity index (χ1v) is 13.5. The molecule has 37 heavy (non-hydrogen) atoms. The Morgan fingerprint density at radius 3 is 2.62 bits per heavy atom. The van der Waals surface area contributed by atoms with Gasteiger partial charge in [0.25, 0.3) is 0 Å². The van der Waals surface area contributed by atoms with Gasteiger partial charge in [-0.1, -0.05) is 38.1 Å². The summed E-state index contributed by atoms with van der Waals surface area (Å²) in [5.41, 5.74) is 3.37. The third-order valence-corrected chi connectivity index (χ3v) is 8.81. The lowest BCUT2D eigenvalue weighted by Crippen LogP contribution is -2.55. The number of phenolic OH excluding ortho intramolecular Hbond substituents is 1. The van der Waals surface area contributed by atoms with Crippen LogP contribution >= 0.6 is 0 Å². The average Bonchev–Trinajstić information content (AvgIpc) is 3.52. The summed E-state index contributed by atoms with van der Waals surface area (Å²) >= 11 is 0. The molecule has 1 amide bonds. The lowest BCUT2D eigenvalue weighted by molar-refractivity contribution is -0.141. The van der Waals surface area contributed by atoms with Crippen LogP contribution in [-0.2, 0) is 11.2 Å². The number of anilines is 1. The third-order valence-electron chi connectivity index (χ3n) is 8.81. The van der Waals surface area contributed by atoms with E-state index in [1.165, 1.54) is 0 Å². The molecule has 1 spiro atoms. The van der Waals surface area contributed by atoms with Crippen LogP contribution in [0.1, 0.15) is 75.3 Å². The van der Waals surface area contributed by atoms with Gasteiger partial charge in [0.05, 0.1) is 11.4 Å². The lowest BCUT2D eigenvalue weighted by Gasteiger charge is -2.46. The highest BCUT2D eigenvalue weighted by Gasteiger charge is 2.52. The standard InChI is InChI=1S/C29H35N5O3/c1-17(2)18(3)26-13-23(33-37-26)19-8-10-34(11-9-19)28(36)21-15-29(16-21)14-20-12-24(31-32-27(20)30-29)22-6-4-5-7-25(22)35/h4-7,12-13,17-19,21,35H,8-11,14-16H2,1-3H3,(H,30,32)/t18-,21-,29+/m1/s1. The van der Waals surface area contributed by atoms with E-state index in [9.17, 15) is 9.90 Å². The molecule has 6 rings (SSSR count). The van der Waals surface area contributed by atoms with Crippen LogP contribution in [0.3, 0.4) is 0 Å². The molecule has 1 aliphatic carbocycles. The zero-order chi connectivity index (χ0) is 25.7. The highest BCUT2D eigenvalue weighted by atomic mass is 16.5. The number of aromatic hydroxyl groups is 1. The third kappa shape index (κ3) is 4.36. The first-order valence-electron chi connectivity index (χ1n) is 13.5. The molecule has 1 saturated carbocycles. The number of para-hydroxylation sites is 1. The van der Waals surface area contributed by atoms with Crippen molar-refractivity contribution in [2.45, 2.75) is 70.3 Å². The smallest absolute Gasteiger partial charge is 0.225 e. The summed E-state index contributed by atoms with van der Waals surface area (Å²) in [6.45, 7) is 8.12. The summed E-state index contributed by atoms with van der Waals surface area (Å²) in [5.74, 6) is 3.51. The van der Waals surface area contributed by atoms with Crippen LogP contribution in [0.25, 0.3) is 11.3 Å². The molecule has 1 atom stereocenters. The predicted molar refractivity (Wildman–Crippen MR) is 140 cm³/mol. The van der Waals surface area contributed by atoms with Crippen LogP contribution in [0.2, 0.25) is 0 Å². The number of carbonyl (C=O) groups excluding carboxylic acids is 1. The van der Waals surface area contributed by atoms with Crippen molar-refractivity contribution in [1.29, 1.82) is 0 Å². The van der Waals surface area contributed by atoms with Gasteiger partial charge in [-0.2, -0.15) is 0 Å². The minimum absolute atomic E-state index is 0.0505. The number of hydrogen-bond donors (Lipinski definition) is 2. The Balaban J connectivity index is 1.03. The highest BCUT2D eigenvalue weighted by Crippen LogP contribution is 2.48. The molecule has 2 N–H and O–H groups in total. The molecule has 2 fully saturated rings. The number of likely N-dealkylation sites (tertiary alicyclic amines) is 1. The number of phenols is 1. The van der Waals surface area contributed by atoms with Gasteiger partial charge in [-0.05, 0) is 56.2 Å². The van der Waals surface area contributed by atoms with Gasteiger partial charge in [0.15, 0.2) is 5.82 Å². The number of nitrogens with zero attached hydrogens (tertiary/aromatic N) is 4. The molecule has 194 valence electrons. The highest BCUT2D eigenvalue weighted by molar-refractivity contribution is 5.81. The quantitative estimate of drug-likeness (QED) is 0.500. The van der Waals surface area contributed by atoms with E-state index in [2.05, 4.69) is 47.5 Å². The second kappa shape index (κ2) is 9.15. The Labute approximate surface area is 217 Å². The molecule has 8 heteroatoms. The number of benzene rings is 1. The van der Waals surface area contributed by atoms with Gasteiger partial charge in [-0.25, -0.2) is 0 Å². The fourth-order valence-electron chi connectivity index (χ4n) is 6.15. The molecule has 1 saturated heterocycles. The number of piperidine rings is 1. The van der Waals surface area contributed by atoms with Crippen molar-refractivity contribution in [2.75, 3.05) is 18.4 Å². The van der Waals surface area contributed by atoms with E-state index in [1.54, 1.807) is 12.1 Å². The maximum absolute atomic E-state index is 13.3. The average molecular weight is 502 g/mol. The van der Waals surface area contributed by atoms with Gasteiger partial charge in [-0.3, -0.25) is 4.79 Å². The normalized spacial score (nSPS) is 24.1. The Kier molecular flexibility index (Phi) is 5.92. The molecule has 2 aromatic heterocycles.